The van der Waals surface area contributed by atoms with Gasteiger partial charge < -0.3 is 4.74 Å². The Hall–Kier alpha value is -0.410. The fourth-order valence-electron chi connectivity index (χ4n) is 1.90. The van der Waals surface area contributed by atoms with E-state index in [-0.39, 0.29) is 11.9 Å². The third kappa shape index (κ3) is 3.02. The van der Waals surface area contributed by atoms with E-state index in [2.05, 4.69) is 15.9 Å². The van der Waals surface area contributed by atoms with Crippen molar-refractivity contribution in [2.75, 3.05) is 6.61 Å². The second-order valence-electron chi connectivity index (χ2n) is 3.93. The molecule has 1 aromatic rings. The van der Waals surface area contributed by atoms with Crippen molar-refractivity contribution in [2.45, 2.75) is 31.8 Å². The summed E-state index contributed by atoms with van der Waals surface area (Å²) in [4.78, 5) is 0. The van der Waals surface area contributed by atoms with Crippen LogP contribution in [0.25, 0.3) is 0 Å². The van der Waals surface area contributed by atoms with E-state index >= 15 is 0 Å². The lowest BCUT2D eigenvalue weighted by Gasteiger charge is -2.22. The number of rotatable bonds is 2. The first kappa shape index (κ1) is 11.1. The summed E-state index contributed by atoms with van der Waals surface area (Å²) >= 11 is 3.25. The molecule has 1 aromatic carbocycles. The lowest BCUT2D eigenvalue weighted by Crippen LogP contribution is -2.21. The predicted octanol–water partition coefficient (Wildman–Crippen LogP) is 3.70. The van der Waals surface area contributed by atoms with Crippen molar-refractivity contribution in [1.82, 2.24) is 0 Å². The van der Waals surface area contributed by atoms with Gasteiger partial charge in [-0.2, -0.15) is 0 Å². The molecule has 1 fully saturated rings. The highest BCUT2D eigenvalue weighted by Crippen LogP contribution is 2.21. The molecule has 1 aliphatic heterocycles. The highest BCUT2D eigenvalue weighted by atomic mass is 79.9. The van der Waals surface area contributed by atoms with Gasteiger partial charge in [0.15, 0.2) is 0 Å². The molecule has 3 heteroatoms. The maximum Gasteiger partial charge on any atom is 0.127 e. The largest absolute Gasteiger partial charge is 0.378 e. The molecule has 1 aliphatic rings. The summed E-state index contributed by atoms with van der Waals surface area (Å²) in [6, 6.07) is 5.22. The molecule has 1 saturated heterocycles. The van der Waals surface area contributed by atoms with Gasteiger partial charge in [0.25, 0.3) is 0 Å². The van der Waals surface area contributed by atoms with Crippen molar-refractivity contribution in [3.8, 4) is 0 Å². The third-order valence-corrected chi connectivity index (χ3v) is 3.23. The van der Waals surface area contributed by atoms with Crippen molar-refractivity contribution in [3.05, 3.63) is 34.1 Å². The summed E-state index contributed by atoms with van der Waals surface area (Å²) in [5.41, 5.74) is 0.755. The molecule has 82 valence electrons. The molecule has 1 atom stereocenters. The van der Waals surface area contributed by atoms with Crippen LogP contribution < -0.4 is 0 Å². The molecule has 0 bridgehead atoms. The second kappa shape index (κ2) is 5.08. The first-order valence-electron chi connectivity index (χ1n) is 5.31. The molecule has 2 rings (SSSR count). The Balaban J connectivity index is 2.03. The van der Waals surface area contributed by atoms with Crippen LogP contribution in [0.3, 0.4) is 0 Å². The predicted molar refractivity (Wildman–Crippen MR) is 61.4 cm³/mol. The van der Waals surface area contributed by atoms with Gasteiger partial charge in [-0.05, 0) is 37.0 Å². The molecular formula is C12H14BrFO. The number of benzene rings is 1. The topological polar surface area (TPSA) is 9.23 Å². The van der Waals surface area contributed by atoms with Gasteiger partial charge in [0.05, 0.1) is 6.10 Å². The monoisotopic (exact) mass is 272 g/mol. The minimum absolute atomic E-state index is 0.140. The maximum atomic E-state index is 13.5. The molecule has 1 nitrogen and oxygen atoms in total. The Labute approximate surface area is 97.8 Å². The fourth-order valence-corrected chi connectivity index (χ4v) is 2.23. The third-order valence-electron chi connectivity index (χ3n) is 2.74. The minimum atomic E-state index is -0.140. The average molecular weight is 273 g/mol. The zero-order valence-electron chi connectivity index (χ0n) is 8.51. The van der Waals surface area contributed by atoms with Crippen LogP contribution in [0.15, 0.2) is 22.7 Å². The van der Waals surface area contributed by atoms with Crippen molar-refractivity contribution < 1.29 is 9.13 Å². The summed E-state index contributed by atoms with van der Waals surface area (Å²) < 4.78 is 19.9. The Morgan fingerprint density at radius 1 is 1.40 bits per heavy atom. The lowest BCUT2D eigenvalue weighted by atomic mass is 10.0. The smallest absolute Gasteiger partial charge is 0.127 e. The van der Waals surface area contributed by atoms with Crippen LogP contribution in [0.4, 0.5) is 4.39 Å². The zero-order valence-corrected chi connectivity index (χ0v) is 10.1. The van der Waals surface area contributed by atoms with Crippen LogP contribution in [0.2, 0.25) is 0 Å². The molecule has 1 heterocycles. The zero-order chi connectivity index (χ0) is 10.7. The highest BCUT2D eigenvalue weighted by molar-refractivity contribution is 9.10. The van der Waals surface area contributed by atoms with E-state index in [1.807, 2.05) is 12.1 Å². The van der Waals surface area contributed by atoms with Crippen LogP contribution >= 0.6 is 15.9 Å². The van der Waals surface area contributed by atoms with Crippen molar-refractivity contribution in [2.24, 2.45) is 0 Å². The molecule has 0 spiro atoms. The van der Waals surface area contributed by atoms with Crippen LogP contribution in [-0.2, 0) is 11.2 Å². The van der Waals surface area contributed by atoms with Crippen molar-refractivity contribution in [3.63, 3.8) is 0 Å². The van der Waals surface area contributed by atoms with Crippen LogP contribution in [0.5, 0.6) is 0 Å². The normalized spacial score (nSPS) is 21.6. The summed E-state index contributed by atoms with van der Waals surface area (Å²) in [5, 5.41) is 0. The van der Waals surface area contributed by atoms with E-state index in [0.717, 1.165) is 29.5 Å². The van der Waals surface area contributed by atoms with Gasteiger partial charge in [-0.3, -0.25) is 0 Å². The standard InChI is InChI=1S/C12H14BrFO/c13-10-5-4-9(12(14)8-10)7-11-3-1-2-6-15-11/h4-5,8,11H,1-3,6-7H2. The molecule has 0 amide bonds. The SMILES string of the molecule is Fc1cc(Br)ccc1CC1CCCCO1. The van der Waals surface area contributed by atoms with Crippen LogP contribution in [0, 0.1) is 5.82 Å². The molecule has 0 N–H and O–H groups in total. The van der Waals surface area contributed by atoms with Gasteiger partial charge in [0, 0.05) is 17.5 Å². The Bertz CT molecular complexity index is 334. The minimum Gasteiger partial charge on any atom is -0.378 e. The fraction of sp³-hybridized carbons (Fsp3) is 0.500. The van der Waals surface area contributed by atoms with Crippen molar-refractivity contribution >= 4 is 15.9 Å². The molecule has 0 aromatic heterocycles. The molecule has 0 saturated carbocycles. The van der Waals surface area contributed by atoms with Gasteiger partial charge in [0.2, 0.25) is 0 Å². The van der Waals surface area contributed by atoms with E-state index in [4.69, 9.17) is 4.74 Å². The van der Waals surface area contributed by atoms with E-state index < -0.39 is 0 Å². The Morgan fingerprint density at radius 3 is 2.93 bits per heavy atom. The average Bonchev–Trinajstić information content (AvgIpc) is 2.24. The summed E-state index contributed by atoms with van der Waals surface area (Å²) in [6.45, 7) is 0.822. The molecule has 0 radical (unpaired) electrons. The van der Waals surface area contributed by atoms with Gasteiger partial charge in [0.1, 0.15) is 5.82 Å². The number of hydrogen-bond acceptors (Lipinski definition) is 1. The van der Waals surface area contributed by atoms with Crippen molar-refractivity contribution in [1.29, 1.82) is 0 Å². The molecular weight excluding hydrogens is 259 g/mol. The quantitative estimate of drug-likeness (QED) is 0.798. The highest BCUT2D eigenvalue weighted by Gasteiger charge is 2.16. The van der Waals surface area contributed by atoms with Gasteiger partial charge in [-0.25, -0.2) is 4.39 Å². The molecule has 1 unspecified atom stereocenters. The van der Waals surface area contributed by atoms with Crippen LogP contribution in [-0.4, -0.2) is 12.7 Å². The summed E-state index contributed by atoms with van der Waals surface area (Å²) in [5.74, 6) is -0.140. The number of hydrogen-bond donors (Lipinski definition) is 0. The lowest BCUT2D eigenvalue weighted by molar-refractivity contribution is 0.0163. The van der Waals surface area contributed by atoms with Gasteiger partial charge in [-0.15, -0.1) is 0 Å². The van der Waals surface area contributed by atoms with Crippen LogP contribution in [0.1, 0.15) is 24.8 Å². The van der Waals surface area contributed by atoms with Gasteiger partial charge >= 0.3 is 0 Å². The summed E-state index contributed by atoms with van der Waals surface area (Å²) in [7, 11) is 0. The van der Waals surface area contributed by atoms with E-state index in [9.17, 15) is 4.39 Å². The Morgan fingerprint density at radius 2 is 2.27 bits per heavy atom. The van der Waals surface area contributed by atoms with E-state index in [1.54, 1.807) is 0 Å². The second-order valence-corrected chi connectivity index (χ2v) is 4.84. The summed E-state index contributed by atoms with van der Waals surface area (Å²) in [6.07, 6.45) is 4.28. The number of ether oxygens (including phenoxy) is 1. The Kier molecular flexibility index (Phi) is 3.76. The maximum absolute atomic E-state index is 13.5. The van der Waals surface area contributed by atoms with E-state index in [1.165, 1.54) is 12.5 Å². The number of halogens is 2. The van der Waals surface area contributed by atoms with Gasteiger partial charge in [-0.1, -0.05) is 22.0 Å². The first-order chi connectivity index (χ1) is 7.25. The first-order valence-corrected chi connectivity index (χ1v) is 6.10. The van der Waals surface area contributed by atoms with E-state index in [0.29, 0.717) is 6.42 Å². The molecule has 0 aliphatic carbocycles. The molecule has 15 heavy (non-hydrogen) atoms.